The van der Waals surface area contributed by atoms with E-state index in [1.807, 2.05) is 43.3 Å². The van der Waals surface area contributed by atoms with Crippen LogP contribution in [0.25, 0.3) is 0 Å². The minimum absolute atomic E-state index is 0.120. The molecule has 0 unspecified atom stereocenters. The van der Waals surface area contributed by atoms with E-state index in [0.717, 1.165) is 17.1 Å². The summed E-state index contributed by atoms with van der Waals surface area (Å²) in [5, 5.41) is 3.45. The molecule has 5 nitrogen and oxygen atoms in total. The van der Waals surface area contributed by atoms with E-state index >= 15 is 0 Å². The van der Waals surface area contributed by atoms with Crippen molar-refractivity contribution in [2.45, 2.75) is 13.3 Å². The standard InChI is InChI=1S/C19H22ClN3O2/c1-14(24)23(18-8-4-15(20)5-9-18)13-12-19(25)21-16-6-10-17(11-7-16)22(2)3/h4-11H,12-13H2,1-3H3,(H,21,25). The van der Waals surface area contributed by atoms with Gasteiger partial charge in [0.05, 0.1) is 0 Å². The number of benzene rings is 2. The number of nitrogens with zero attached hydrogens (tertiary/aromatic N) is 2. The predicted molar refractivity (Wildman–Crippen MR) is 103 cm³/mol. The Morgan fingerprint density at radius 1 is 0.960 bits per heavy atom. The number of carbonyl (C=O) groups excluding carboxylic acids is 2. The summed E-state index contributed by atoms with van der Waals surface area (Å²) in [5.74, 6) is -0.261. The summed E-state index contributed by atoms with van der Waals surface area (Å²) in [6, 6.07) is 14.6. The Labute approximate surface area is 153 Å². The number of nitrogens with one attached hydrogen (secondary N) is 1. The molecule has 25 heavy (non-hydrogen) atoms. The third-order valence-corrected chi connectivity index (χ3v) is 4.00. The van der Waals surface area contributed by atoms with Gasteiger partial charge in [-0.25, -0.2) is 0 Å². The maximum Gasteiger partial charge on any atom is 0.226 e. The van der Waals surface area contributed by atoms with Crippen LogP contribution in [0.1, 0.15) is 13.3 Å². The number of rotatable bonds is 6. The van der Waals surface area contributed by atoms with Crippen LogP contribution in [-0.4, -0.2) is 32.5 Å². The van der Waals surface area contributed by atoms with E-state index in [4.69, 9.17) is 11.6 Å². The third-order valence-electron chi connectivity index (χ3n) is 3.75. The number of hydrogen-bond donors (Lipinski definition) is 1. The second kappa shape index (κ2) is 8.53. The fourth-order valence-corrected chi connectivity index (χ4v) is 2.50. The molecule has 0 aliphatic rings. The van der Waals surface area contributed by atoms with Gasteiger partial charge in [0.15, 0.2) is 0 Å². The minimum atomic E-state index is -0.141. The second-order valence-electron chi connectivity index (χ2n) is 5.89. The molecule has 0 bridgehead atoms. The van der Waals surface area contributed by atoms with Gasteiger partial charge < -0.3 is 15.1 Å². The molecular weight excluding hydrogens is 338 g/mol. The van der Waals surface area contributed by atoms with Gasteiger partial charge in [-0.15, -0.1) is 0 Å². The lowest BCUT2D eigenvalue weighted by molar-refractivity contribution is -0.117. The van der Waals surface area contributed by atoms with Gasteiger partial charge in [-0.1, -0.05) is 11.6 Å². The Hall–Kier alpha value is -2.53. The lowest BCUT2D eigenvalue weighted by atomic mass is 10.2. The van der Waals surface area contributed by atoms with E-state index in [0.29, 0.717) is 11.6 Å². The number of anilines is 3. The van der Waals surface area contributed by atoms with Gasteiger partial charge in [-0.05, 0) is 48.5 Å². The van der Waals surface area contributed by atoms with Gasteiger partial charge in [-0.2, -0.15) is 0 Å². The highest BCUT2D eigenvalue weighted by Crippen LogP contribution is 2.19. The Morgan fingerprint density at radius 2 is 1.52 bits per heavy atom. The van der Waals surface area contributed by atoms with Crippen molar-refractivity contribution in [3.8, 4) is 0 Å². The minimum Gasteiger partial charge on any atom is -0.378 e. The van der Waals surface area contributed by atoms with Crippen LogP contribution >= 0.6 is 11.6 Å². The molecule has 2 rings (SSSR count). The molecule has 1 N–H and O–H groups in total. The summed E-state index contributed by atoms with van der Waals surface area (Å²) in [5.41, 5.74) is 2.51. The van der Waals surface area contributed by atoms with Crippen molar-refractivity contribution in [1.82, 2.24) is 0 Å². The van der Waals surface area contributed by atoms with Gasteiger partial charge >= 0.3 is 0 Å². The first-order chi connectivity index (χ1) is 11.9. The van der Waals surface area contributed by atoms with Gasteiger partial charge in [0.2, 0.25) is 11.8 Å². The summed E-state index contributed by atoms with van der Waals surface area (Å²) in [4.78, 5) is 27.6. The summed E-state index contributed by atoms with van der Waals surface area (Å²) < 4.78 is 0. The lowest BCUT2D eigenvalue weighted by Gasteiger charge is -2.21. The Kier molecular flexibility index (Phi) is 6.42. The molecule has 0 fully saturated rings. The predicted octanol–water partition coefficient (Wildman–Crippen LogP) is 3.79. The molecule has 0 atom stereocenters. The van der Waals surface area contributed by atoms with E-state index in [2.05, 4.69) is 5.32 Å². The van der Waals surface area contributed by atoms with Crippen molar-refractivity contribution in [2.75, 3.05) is 35.8 Å². The highest BCUT2D eigenvalue weighted by Gasteiger charge is 2.13. The summed E-state index contributed by atoms with van der Waals surface area (Å²) >= 11 is 5.87. The molecular formula is C19H22ClN3O2. The number of halogens is 1. The zero-order valence-electron chi connectivity index (χ0n) is 14.6. The van der Waals surface area contributed by atoms with Crippen LogP contribution in [0.3, 0.4) is 0 Å². The Morgan fingerprint density at radius 3 is 2.04 bits per heavy atom. The monoisotopic (exact) mass is 359 g/mol. The fourth-order valence-electron chi connectivity index (χ4n) is 2.37. The lowest BCUT2D eigenvalue weighted by Crippen LogP contribution is -2.31. The van der Waals surface area contributed by atoms with Crippen molar-refractivity contribution in [1.29, 1.82) is 0 Å². The fraction of sp³-hybridized carbons (Fsp3) is 0.263. The SMILES string of the molecule is CC(=O)N(CCC(=O)Nc1ccc(N(C)C)cc1)c1ccc(Cl)cc1. The van der Waals surface area contributed by atoms with Crippen LogP contribution in [0, 0.1) is 0 Å². The molecule has 0 saturated heterocycles. The average molecular weight is 360 g/mol. The average Bonchev–Trinajstić information content (AvgIpc) is 2.57. The van der Waals surface area contributed by atoms with Crippen LogP contribution in [0.4, 0.5) is 17.1 Å². The Balaban J connectivity index is 1.94. The molecule has 2 aromatic rings. The first-order valence-corrected chi connectivity index (χ1v) is 8.35. The molecule has 0 spiro atoms. The molecule has 2 amide bonds. The topological polar surface area (TPSA) is 52.7 Å². The highest BCUT2D eigenvalue weighted by atomic mass is 35.5. The molecule has 6 heteroatoms. The summed E-state index contributed by atoms with van der Waals surface area (Å²) in [6.07, 6.45) is 0.206. The molecule has 2 aromatic carbocycles. The zero-order valence-corrected chi connectivity index (χ0v) is 15.4. The van der Waals surface area contributed by atoms with Gasteiger partial charge in [0, 0.05) is 56.1 Å². The summed E-state index contributed by atoms with van der Waals surface area (Å²) in [6.45, 7) is 1.78. The smallest absolute Gasteiger partial charge is 0.226 e. The quantitative estimate of drug-likeness (QED) is 0.853. The van der Waals surface area contributed by atoms with Gasteiger partial charge in [-0.3, -0.25) is 9.59 Å². The van der Waals surface area contributed by atoms with E-state index < -0.39 is 0 Å². The van der Waals surface area contributed by atoms with Crippen molar-refractivity contribution in [2.24, 2.45) is 0 Å². The van der Waals surface area contributed by atoms with Crippen LogP contribution in [0.15, 0.2) is 48.5 Å². The van der Waals surface area contributed by atoms with Crippen LogP contribution in [-0.2, 0) is 9.59 Å². The second-order valence-corrected chi connectivity index (χ2v) is 6.32. The van der Waals surface area contributed by atoms with E-state index in [-0.39, 0.29) is 18.2 Å². The van der Waals surface area contributed by atoms with Crippen LogP contribution < -0.4 is 15.1 Å². The largest absolute Gasteiger partial charge is 0.378 e. The molecule has 0 heterocycles. The summed E-state index contributed by atoms with van der Waals surface area (Å²) in [7, 11) is 3.92. The molecule has 132 valence electrons. The van der Waals surface area contributed by atoms with Gasteiger partial charge in [0.25, 0.3) is 0 Å². The van der Waals surface area contributed by atoms with Crippen LogP contribution in [0.5, 0.6) is 0 Å². The first-order valence-electron chi connectivity index (χ1n) is 7.97. The Bertz CT molecular complexity index is 727. The van der Waals surface area contributed by atoms with E-state index in [1.165, 1.54) is 6.92 Å². The molecule has 0 aromatic heterocycles. The molecule has 0 aliphatic carbocycles. The van der Waals surface area contributed by atoms with Crippen molar-refractivity contribution < 1.29 is 9.59 Å². The maximum atomic E-state index is 12.2. The molecule has 0 aliphatic heterocycles. The van der Waals surface area contributed by atoms with Crippen molar-refractivity contribution in [3.63, 3.8) is 0 Å². The normalized spacial score (nSPS) is 10.2. The number of carbonyl (C=O) groups is 2. The first kappa shape index (κ1) is 18.8. The molecule has 0 radical (unpaired) electrons. The number of amides is 2. The number of hydrogen-bond acceptors (Lipinski definition) is 3. The van der Waals surface area contributed by atoms with E-state index in [1.54, 1.807) is 29.2 Å². The van der Waals surface area contributed by atoms with Crippen molar-refractivity contribution in [3.05, 3.63) is 53.6 Å². The van der Waals surface area contributed by atoms with Crippen molar-refractivity contribution >= 4 is 40.5 Å². The zero-order chi connectivity index (χ0) is 18.4. The van der Waals surface area contributed by atoms with Gasteiger partial charge in [0.1, 0.15) is 0 Å². The van der Waals surface area contributed by atoms with Crippen LogP contribution in [0.2, 0.25) is 5.02 Å². The molecule has 0 saturated carbocycles. The highest BCUT2D eigenvalue weighted by molar-refractivity contribution is 6.30. The maximum absolute atomic E-state index is 12.2. The van der Waals surface area contributed by atoms with E-state index in [9.17, 15) is 9.59 Å². The third kappa shape index (κ3) is 5.50.